The smallest absolute Gasteiger partial charge is 0.413 e. The second-order valence-electron chi connectivity index (χ2n) is 6.11. The van der Waals surface area contributed by atoms with Gasteiger partial charge >= 0.3 is 6.09 Å². The Labute approximate surface area is 124 Å². The zero-order valence-electron chi connectivity index (χ0n) is 12.7. The quantitative estimate of drug-likeness (QED) is 0.803. The Hall–Kier alpha value is -2.04. The van der Waals surface area contributed by atoms with Crippen molar-refractivity contribution >= 4 is 12.4 Å². The molecule has 1 heterocycles. The maximum absolute atomic E-state index is 12.3. The van der Waals surface area contributed by atoms with E-state index in [-0.39, 0.29) is 0 Å². The van der Waals surface area contributed by atoms with Crippen molar-refractivity contribution in [3.63, 3.8) is 0 Å². The normalized spacial score (nSPS) is 22.0. The standard InChI is InChI=1S/C16H21NO4/c1-15(2,3)21-14(19)17-11-7-10-16(17,12-18)20-13-8-5-4-6-9-13/h4-6,8-9,12H,7,10-11H2,1-3H3/t16-/m0/s1. The molecule has 1 aliphatic rings. The van der Waals surface area contributed by atoms with E-state index in [1.54, 1.807) is 32.9 Å². The van der Waals surface area contributed by atoms with E-state index < -0.39 is 17.4 Å². The molecule has 1 amide bonds. The number of benzene rings is 1. The van der Waals surface area contributed by atoms with Crippen LogP contribution in [0.1, 0.15) is 33.6 Å². The topological polar surface area (TPSA) is 55.8 Å². The van der Waals surface area contributed by atoms with Crippen LogP contribution >= 0.6 is 0 Å². The fraction of sp³-hybridized carbons (Fsp3) is 0.500. The number of aldehydes is 1. The minimum absolute atomic E-state index is 0.445. The lowest BCUT2D eigenvalue weighted by Crippen LogP contribution is -2.54. The van der Waals surface area contributed by atoms with E-state index in [2.05, 4.69) is 0 Å². The average Bonchev–Trinajstić information content (AvgIpc) is 2.82. The van der Waals surface area contributed by atoms with Gasteiger partial charge in [0.2, 0.25) is 5.72 Å². The third-order valence-corrected chi connectivity index (χ3v) is 3.21. The van der Waals surface area contributed by atoms with Gasteiger partial charge in [-0.25, -0.2) is 4.79 Å². The van der Waals surface area contributed by atoms with Crippen molar-refractivity contribution in [2.24, 2.45) is 0 Å². The molecule has 1 aromatic carbocycles. The van der Waals surface area contributed by atoms with Gasteiger partial charge in [-0.3, -0.25) is 9.69 Å². The third-order valence-electron chi connectivity index (χ3n) is 3.21. The van der Waals surface area contributed by atoms with Gasteiger partial charge < -0.3 is 9.47 Å². The number of hydrogen-bond acceptors (Lipinski definition) is 4. The highest BCUT2D eigenvalue weighted by Crippen LogP contribution is 2.32. The van der Waals surface area contributed by atoms with Gasteiger partial charge in [0.15, 0.2) is 6.29 Å². The number of rotatable bonds is 3. The van der Waals surface area contributed by atoms with Gasteiger partial charge in [-0.05, 0) is 39.3 Å². The number of carbonyl (C=O) groups excluding carboxylic acids is 2. The molecule has 1 aliphatic heterocycles. The Morgan fingerprint density at radius 1 is 1.29 bits per heavy atom. The first-order chi connectivity index (χ1) is 9.86. The number of carbonyl (C=O) groups is 2. The highest BCUT2D eigenvalue weighted by molar-refractivity contribution is 5.77. The van der Waals surface area contributed by atoms with Gasteiger partial charge in [-0.2, -0.15) is 0 Å². The van der Waals surface area contributed by atoms with E-state index in [4.69, 9.17) is 9.47 Å². The molecule has 0 aliphatic carbocycles. The molecule has 0 unspecified atom stereocenters. The lowest BCUT2D eigenvalue weighted by Gasteiger charge is -2.35. The molecule has 0 N–H and O–H groups in total. The first-order valence-electron chi connectivity index (χ1n) is 7.07. The molecule has 2 rings (SSSR count). The van der Waals surface area contributed by atoms with Crippen LogP contribution in [-0.2, 0) is 9.53 Å². The van der Waals surface area contributed by atoms with E-state index in [9.17, 15) is 9.59 Å². The van der Waals surface area contributed by atoms with Crippen LogP contribution in [0.5, 0.6) is 5.75 Å². The summed E-state index contributed by atoms with van der Waals surface area (Å²) < 4.78 is 11.2. The Balaban J connectivity index is 2.20. The molecular formula is C16H21NO4. The largest absolute Gasteiger partial charge is 0.461 e. The molecule has 0 saturated carbocycles. The molecule has 0 bridgehead atoms. The van der Waals surface area contributed by atoms with Crippen molar-refractivity contribution in [3.05, 3.63) is 30.3 Å². The lowest BCUT2D eigenvalue weighted by atomic mass is 10.1. The fourth-order valence-electron chi connectivity index (χ4n) is 2.32. The second kappa shape index (κ2) is 5.76. The summed E-state index contributed by atoms with van der Waals surface area (Å²) in [6, 6.07) is 9.02. The van der Waals surface area contributed by atoms with E-state index in [0.29, 0.717) is 31.4 Å². The van der Waals surface area contributed by atoms with Crippen LogP contribution in [0, 0.1) is 0 Å². The monoisotopic (exact) mass is 291 g/mol. The summed E-state index contributed by atoms with van der Waals surface area (Å²) in [4.78, 5) is 25.3. The zero-order valence-corrected chi connectivity index (χ0v) is 12.7. The number of hydrogen-bond donors (Lipinski definition) is 0. The Kier molecular flexibility index (Phi) is 4.21. The number of para-hydroxylation sites is 1. The van der Waals surface area contributed by atoms with Gasteiger partial charge in [0.1, 0.15) is 11.4 Å². The van der Waals surface area contributed by atoms with Crippen LogP contribution in [0.4, 0.5) is 4.79 Å². The van der Waals surface area contributed by atoms with Gasteiger partial charge in [0, 0.05) is 13.0 Å². The summed E-state index contributed by atoms with van der Waals surface area (Å²) in [5.41, 5.74) is -1.88. The number of likely N-dealkylation sites (tertiary alicyclic amines) is 1. The van der Waals surface area contributed by atoms with E-state index in [1.807, 2.05) is 18.2 Å². The van der Waals surface area contributed by atoms with Gasteiger partial charge in [0.05, 0.1) is 0 Å². The highest BCUT2D eigenvalue weighted by Gasteiger charge is 2.47. The third kappa shape index (κ3) is 3.54. The molecule has 1 saturated heterocycles. The summed E-state index contributed by atoms with van der Waals surface area (Å²) in [5.74, 6) is 0.556. The molecule has 21 heavy (non-hydrogen) atoms. The molecule has 114 valence electrons. The van der Waals surface area contributed by atoms with Crippen LogP contribution in [0.15, 0.2) is 30.3 Å². The van der Waals surface area contributed by atoms with Gasteiger partial charge in [-0.1, -0.05) is 18.2 Å². The zero-order chi connectivity index (χ0) is 15.5. The number of amides is 1. The van der Waals surface area contributed by atoms with Crippen LogP contribution in [0.3, 0.4) is 0 Å². The minimum Gasteiger partial charge on any atom is -0.461 e. The predicted molar refractivity (Wildman–Crippen MR) is 78.0 cm³/mol. The summed E-state index contributed by atoms with van der Waals surface area (Å²) in [5, 5.41) is 0. The van der Waals surface area contributed by atoms with Crippen molar-refractivity contribution in [2.45, 2.75) is 44.9 Å². The van der Waals surface area contributed by atoms with Crippen LogP contribution in [0.25, 0.3) is 0 Å². The minimum atomic E-state index is -1.27. The van der Waals surface area contributed by atoms with Crippen LogP contribution < -0.4 is 4.74 Å². The van der Waals surface area contributed by atoms with Crippen molar-refractivity contribution in [2.75, 3.05) is 6.54 Å². The Bertz CT molecular complexity index is 509. The molecule has 1 aromatic rings. The fourth-order valence-corrected chi connectivity index (χ4v) is 2.32. The summed E-state index contributed by atoms with van der Waals surface area (Å²) in [6.07, 6.45) is 1.33. The van der Waals surface area contributed by atoms with E-state index in [0.717, 1.165) is 0 Å². The Morgan fingerprint density at radius 2 is 1.95 bits per heavy atom. The molecular weight excluding hydrogens is 270 g/mol. The van der Waals surface area contributed by atoms with Crippen molar-refractivity contribution in [3.8, 4) is 5.75 Å². The van der Waals surface area contributed by atoms with E-state index >= 15 is 0 Å². The number of nitrogens with zero attached hydrogens (tertiary/aromatic N) is 1. The maximum atomic E-state index is 12.3. The van der Waals surface area contributed by atoms with Crippen molar-refractivity contribution in [1.82, 2.24) is 4.90 Å². The van der Waals surface area contributed by atoms with Crippen molar-refractivity contribution < 1.29 is 19.1 Å². The SMILES string of the molecule is CC(C)(C)OC(=O)N1CCC[C@@]1(C=O)Oc1ccccc1. The summed E-state index contributed by atoms with van der Waals surface area (Å²) in [6.45, 7) is 5.82. The lowest BCUT2D eigenvalue weighted by molar-refractivity contribution is -0.134. The molecule has 0 spiro atoms. The highest BCUT2D eigenvalue weighted by atomic mass is 16.6. The molecule has 5 heteroatoms. The van der Waals surface area contributed by atoms with E-state index in [1.165, 1.54) is 4.90 Å². The molecule has 5 nitrogen and oxygen atoms in total. The Morgan fingerprint density at radius 3 is 2.52 bits per heavy atom. The maximum Gasteiger partial charge on any atom is 0.413 e. The first kappa shape index (κ1) is 15.4. The second-order valence-corrected chi connectivity index (χ2v) is 6.11. The predicted octanol–water partition coefficient (Wildman–Crippen LogP) is 2.99. The molecule has 0 aromatic heterocycles. The molecule has 1 atom stereocenters. The molecule has 1 fully saturated rings. The van der Waals surface area contributed by atoms with Crippen LogP contribution in [-0.4, -0.2) is 35.2 Å². The number of ether oxygens (including phenoxy) is 2. The van der Waals surface area contributed by atoms with Gasteiger partial charge in [0.25, 0.3) is 0 Å². The summed E-state index contributed by atoms with van der Waals surface area (Å²) in [7, 11) is 0. The molecule has 0 radical (unpaired) electrons. The van der Waals surface area contributed by atoms with Crippen molar-refractivity contribution in [1.29, 1.82) is 0 Å². The first-order valence-corrected chi connectivity index (χ1v) is 7.07. The van der Waals surface area contributed by atoms with Gasteiger partial charge in [-0.15, -0.1) is 0 Å². The van der Waals surface area contributed by atoms with Crippen LogP contribution in [0.2, 0.25) is 0 Å². The average molecular weight is 291 g/mol. The summed E-state index contributed by atoms with van der Waals surface area (Å²) >= 11 is 0.